The molecular formula is C20H18F6N4O2. The van der Waals surface area contributed by atoms with Crippen molar-refractivity contribution in [1.82, 2.24) is 14.6 Å². The first-order valence-corrected chi connectivity index (χ1v) is 9.66. The molecule has 1 fully saturated rings. The van der Waals surface area contributed by atoms with Crippen LogP contribution in [0.15, 0.2) is 36.5 Å². The van der Waals surface area contributed by atoms with Crippen molar-refractivity contribution in [1.29, 1.82) is 0 Å². The smallest absolute Gasteiger partial charge is 0.389 e. The summed E-state index contributed by atoms with van der Waals surface area (Å²) < 4.78 is 85.3. The molecule has 2 atom stereocenters. The maximum Gasteiger partial charge on any atom is 0.416 e. The van der Waals surface area contributed by atoms with E-state index in [0.29, 0.717) is 24.6 Å². The van der Waals surface area contributed by atoms with Gasteiger partial charge in [-0.3, -0.25) is 4.40 Å². The van der Waals surface area contributed by atoms with Crippen LogP contribution >= 0.6 is 0 Å². The third kappa shape index (κ3) is 4.65. The molecule has 0 spiro atoms. The minimum atomic E-state index is -4.78. The SMILES string of the molecule is O[C@H]1COCCC1Nc1nnc(-c2ccc(C(F)(F)F)cc2CC(F)(F)F)c2cccn12. The van der Waals surface area contributed by atoms with Gasteiger partial charge in [-0.05, 0) is 36.2 Å². The Kier molecular flexibility index (Phi) is 5.76. The third-order valence-electron chi connectivity index (χ3n) is 5.18. The van der Waals surface area contributed by atoms with Gasteiger partial charge in [0.25, 0.3) is 0 Å². The van der Waals surface area contributed by atoms with E-state index in [2.05, 4.69) is 15.5 Å². The van der Waals surface area contributed by atoms with Crippen LogP contribution in [0.1, 0.15) is 17.5 Å². The number of nitrogens with one attached hydrogen (secondary N) is 1. The van der Waals surface area contributed by atoms with Gasteiger partial charge in [-0.1, -0.05) is 6.07 Å². The Bertz CT molecular complexity index is 1110. The van der Waals surface area contributed by atoms with Crippen molar-refractivity contribution >= 4 is 11.5 Å². The average Bonchev–Trinajstić information content (AvgIpc) is 3.19. The fraction of sp³-hybridized carbons (Fsp3) is 0.400. The van der Waals surface area contributed by atoms with Gasteiger partial charge in [0.2, 0.25) is 5.95 Å². The van der Waals surface area contributed by atoms with E-state index in [0.717, 1.165) is 12.1 Å². The number of fused-ring (bicyclic) bond motifs is 1. The zero-order valence-electron chi connectivity index (χ0n) is 16.4. The predicted molar refractivity (Wildman–Crippen MR) is 102 cm³/mol. The molecule has 2 N–H and O–H groups in total. The van der Waals surface area contributed by atoms with E-state index >= 15 is 0 Å². The van der Waals surface area contributed by atoms with Gasteiger partial charge in [-0.2, -0.15) is 26.3 Å². The Morgan fingerprint density at radius 3 is 2.59 bits per heavy atom. The quantitative estimate of drug-likeness (QED) is 0.575. The highest BCUT2D eigenvalue weighted by molar-refractivity contribution is 5.80. The lowest BCUT2D eigenvalue weighted by molar-refractivity contribution is -0.138. The minimum absolute atomic E-state index is 0.0149. The summed E-state index contributed by atoms with van der Waals surface area (Å²) in [4.78, 5) is 0. The molecule has 0 amide bonds. The third-order valence-corrected chi connectivity index (χ3v) is 5.18. The molecule has 0 radical (unpaired) electrons. The number of anilines is 1. The molecule has 2 aromatic heterocycles. The van der Waals surface area contributed by atoms with E-state index in [1.807, 2.05) is 0 Å². The summed E-state index contributed by atoms with van der Waals surface area (Å²) in [7, 11) is 0. The van der Waals surface area contributed by atoms with E-state index in [1.165, 1.54) is 4.40 Å². The van der Waals surface area contributed by atoms with Crippen LogP contribution in [-0.2, 0) is 17.3 Å². The molecule has 1 aliphatic rings. The zero-order valence-corrected chi connectivity index (χ0v) is 16.4. The maximum atomic E-state index is 13.1. The summed E-state index contributed by atoms with van der Waals surface area (Å²) >= 11 is 0. The summed E-state index contributed by atoms with van der Waals surface area (Å²) in [5, 5.41) is 21.2. The molecule has 4 rings (SSSR count). The molecule has 1 aliphatic heterocycles. The van der Waals surface area contributed by atoms with Crippen LogP contribution in [0, 0.1) is 0 Å². The van der Waals surface area contributed by atoms with Crippen molar-refractivity contribution in [3.05, 3.63) is 47.7 Å². The molecule has 3 heterocycles. The maximum absolute atomic E-state index is 13.1. The van der Waals surface area contributed by atoms with E-state index < -0.39 is 36.0 Å². The van der Waals surface area contributed by atoms with Crippen LogP contribution in [0.25, 0.3) is 16.8 Å². The first-order chi connectivity index (χ1) is 15.0. The second-order valence-electron chi connectivity index (χ2n) is 7.48. The number of halogens is 6. The summed E-state index contributed by atoms with van der Waals surface area (Å²) in [5.41, 5.74) is -1.45. The summed E-state index contributed by atoms with van der Waals surface area (Å²) in [5.74, 6) is 0.240. The van der Waals surface area contributed by atoms with E-state index in [4.69, 9.17) is 4.74 Å². The molecule has 12 heteroatoms. The van der Waals surface area contributed by atoms with Crippen molar-refractivity contribution in [2.75, 3.05) is 18.5 Å². The molecule has 0 saturated carbocycles. The lowest BCUT2D eigenvalue weighted by atomic mass is 9.98. The van der Waals surface area contributed by atoms with Gasteiger partial charge < -0.3 is 15.2 Å². The lowest BCUT2D eigenvalue weighted by Gasteiger charge is -2.28. The number of rotatable bonds is 4. The van der Waals surface area contributed by atoms with Gasteiger partial charge in [0, 0.05) is 18.4 Å². The highest BCUT2D eigenvalue weighted by Gasteiger charge is 2.35. The second kappa shape index (κ2) is 8.24. The molecule has 172 valence electrons. The number of alkyl halides is 6. The predicted octanol–water partition coefficient (Wildman–Crippen LogP) is 4.08. The number of ether oxygens (including phenoxy) is 1. The average molecular weight is 460 g/mol. The van der Waals surface area contributed by atoms with Crippen molar-refractivity contribution in [3.63, 3.8) is 0 Å². The van der Waals surface area contributed by atoms with Gasteiger partial charge in [-0.15, -0.1) is 10.2 Å². The largest absolute Gasteiger partial charge is 0.416 e. The topological polar surface area (TPSA) is 71.7 Å². The molecule has 1 saturated heterocycles. The molecule has 0 bridgehead atoms. The highest BCUT2D eigenvalue weighted by Crippen LogP contribution is 2.36. The van der Waals surface area contributed by atoms with E-state index in [1.54, 1.807) is 18.3 Å². The molecule has 3 aromatic rings. The Balaban J connectivity index is 1.77. The van der Waals surface area contributed by atoms with Crippen molar-refractivity contribution < 1.29 is 36.2 Å². The molecule has 32 heavy (non-hydrogen) atoms. The van der Waals surface area contributed by atoms with E-state index in [9.17, 15) is 31.4 Å². The van der Waals surface area contributed by atoms with Gasteiger partial charge in [0.15, 0.2) is 0 Å². The minimum Gasteiger partial charge on any atom is -0.389 e. The van der Waals surface area contributed by atoms with Crippen LogP contribution < -0.4 is 5.32 Å². The van der Waals surface area contributed by atoms with Crippen molar-refractivity contribution in [2.24, 2.45) is 0 Å². The second-order valence-corrected chi connectivity index (χ2v) is 7.48. The summed E-state index contributed by atoms with van der Waals surface area (Å²) in [6.45, 7) is 0.575. The van der Waals surface area contributed by atoms with Gasteiger partial charge in [0.1, 0.15) is 5.69 Å². The van der Waals surface area contributed by atoms with Crippen LogP contribution in [0.4, 0.5) is 32.3 Å². The van der Waals surface area contributed by atoms with Crippen LogP contribution in [0.5, 0.6) is 0 Å². The highest BCUT2D eigenvalue weighted by atomic mass is 19.4. The Morgan fingerprint density at radius 1 is 1.12 bits per heavy atom. The van der Waals surface area contributed by atoms with Gasteiger partial charge in [0.05, 0.1) is 36.3 Å². The zero-order chi connectivity index (χ0) is 23.1. The number of aliphatic hydroxyl groups excluding tert-OH is 1. The number of aromatic nitrogens is 3. The Labute approximate surface area is 177 Å². The Morgan fingerprint density at radius 2 is 1.91 bits per heavy atom. The molecule has 1 aromatic carbocycles. The number of benzene rings is 1. The molecular weight excluding hydrogens is 442 g/mol. The van der Waals surface area contributed by atoms with Crippen LogP contribution in [-0.4, -0.2) is 51.2 Å². The molecule has 1 unspecified atom stereocenters. The van der Waals surface area contributed by atoms with Crippen LogP contribution in [0.2, 0.25) is 0 Å². The summed E-state index contributed by atoms with van der Waals surface area (Å²) in [6.07, 6.45) is -9.74. The lowest BCUT2D eigenvalue weighted by Crippen LogP contribution is -2.42. The Hall–Kier alpha value is -2.86. The summed E-state index contributed by atoms with van der Waals surface area (Å²) in [6, 6.07) is 5.01. The number of aliphatic hydroxyl groups is 1. The monoisotopic (exact) mass is 460 g/mol. The number of hydrogen-bond acceptors (Lipinski definition) is 5. The van der Waals surface area contributed by atoms with E-state index in [-0.39, 0.29) is 29.9 Å². The van der Waals surface area contributed by atoms with Gasteiger partial charge >= 0.3 is 12.4 Å². The van der Waals surface area contributed by atoms with Crippen molar-refractivity contribution in [3.8, 4) is 11.3 Å². The molecule has 6 nitrogen and oxygen atoms in total. The first-order valence-electron chi connectivity index (χ1n) is 9.66. The van der Waals surface area contributed by atoms with Crippen LogP contribution in [0.3, 0.4) is 0 Å². The fourth-order valence-corrected chi connectivity index (χ4v) is 3.67. The standard InChI is InChI=1S/C20H18F6N4O2/c21-19(22,23)9-11-8-12(20(24,25)26)3-4-13(11)17-15-2-1-6-30(15)18(29-28-17)27-14-5-7-32-10-16(14)31/h1-4,6,8,14,16,31H,5,7,9-10H2,(H,27,29)/t14?,16-/m0/s1. The fourth-order valence-electron chi connectivity index (χ4n) is 3.67. The number of hydrogen-bond donors (Lipinski definition) is 2. The van der Waals surface area contributed by atoms with Crippen molar-refractivity contribution in [2.45, 2.75) is 37.3 Å². The first kappa shape index (κ1) is 22.3. The molecule has 0 aliphatic carbocycles. The normalized spacial score (nSPS) is 20.0. The van der Waals surface area contributed by atoms with Gasteiger partial charge in [-0.25, -0.2) is 0 Å². The number of nitrogens with zero attached hydrogens (tertiary/aromatic N) is 3.